The third kappa shape index (κ3) is 3.84. The Bertz CT molecular complexity index is 923. The summed E-state index contributed by atoms with van der Waals surface area (Å²) >= 11 is 0. The number of nitrogens with zero attached hydrogens (tertiary/aromatic N) is 2. The quantitative estimate of drug-likeness (QED) is 0.473. The molecule has 1 aliphatic heterocycles. The Morgan fingerprint density at radius 1 is 1.12 bits per heavy atom. The van der Waals surface area contributed by atoms with Gasteiger partial charge in [0.1, 0.15) is 14.1 Å². The number of aryl methyl sites for hydroxylation is 1. The number of sulfonamides is 1. The van der Waals surface area contributed by atoms with Crippen molar-refractivity contribution in [1.29, 1.82) is 0 Å². The Hall–Kier alpha value is -1.94. The lowest BCUT2D eigenvalue weighted by molar-refractivity contribution is 0.551. The molecule has 0 bridgehead atoms. The largest absolute Gasteiger partial charge is 0.264 e. The maximum absolute atomic E-state index is 13.1. The summed E-state index contributed by atoms with van der Waals surface area (Å²) in [7, 11) is -5.16. The Kier molecular flexibility index (Phi) is 4.58. The van der Waals surface area contributed by atoms with E-state index >= 15 is 0 Å². The second-order valence-corrected chi connectivity index (χ2v) is 13.9. The van der Waals surface area contributed by atoms with Crippen LogP contribution in [0.15, 0.2) is 53.7 Å². The molecule has 0 aliphatic carbocycles. The third-order valence-electron chi connectivity index (χ3n) is 3.98. The van der Waals surface area contributed by atoms with Crippen molar-refractivity contribution in [3.8, 4) is 11.5 Å². The smallest absolute Gasteiger partial charge is 0.244 e. The van der Waals surface area contributed by atoms with Crippen LogP contribution in [-0.2, 0) is 10.0 Å². The fourth-order valence-electron chi connectivity index (χ4n) is 2.66. The molecule has 0 saturated carbocycles. The molecule has 130 valence electrons. The van der Waals surface area contributed by atoms with E-state index in [1.807, 2.05) is 31.2 Å². The fraction of sp³-hybridized carbons (Fsp3) is 0.316. The number of rotatable bonds is 3. The molecule has 6 heteroatoms. The van der Waals surface area contributed by atoms with Crippen LogP contribution in [0.4, 0.5) is 0 Å². The molecule has 4 nitrogen and oxygen atoms in total. The van der Waals surface area contributed by atoms with Gasteiger partial charge in [-0.3, -0.25) is 4.98 Å². The van der Waals surface area contributed by atoms with E-state index in [2.05, 4.69) is 36.1 Å². The molecular weight excluding hydrogens is 348 g/mol. The molecule has 0 N–H and O–H groups in total. The van der Waals surface area contributed by atoms with Crippen LogP contribution in [0.3, 0.4) is 0 Å². The second-order valence-electron chi connectivity index (χ2n) is 7.34. The van der Waals surface area contributed by atoms with Gasteiger partial charge in [-0.25, -0.2) is 8.42 Å². The predicted octanol–water partition coefficient (Wildman–Crippen LogP) is 3.39. The molecule has 2 aromatic rings. The lowest BCUT2D eigenvalue weighted by Gasteiger charge is -2.07. The molecule has 3 atom stereocenters. The summed E-state index contributed by atoms with van der Waals surface area (Å²) in [6.45, 7) is 8.40. The van der Waals surface area contributed by atoms with Crippen LogP contribution in [-0.4, -0.2) is 31.8 Å². The molecule has 1 fully saturated rings. The SMILES string of the molecule is Cc1ccc(S(=O)(=O)N2[C@H](c3cccnc3)[C@@H]2C#C[Si](C)(C)C)cc1. The van der Waals surface area contributed by atoms with Gasteiger partial charge in [0, 0.05) is 12.4 Å². The van der Waals surface area contributed by atoms with Gasteiger partial charge in [0.15, 0.2) is 0 Å². The molecular formula is C19H22N2O2SSi. The molecule has 1 saturated heterocycles. The molecule has 1 aromatic carbocycles. The first kappa shape index (κ1) is 17.9. The summed E-state index contributed by atoms with van der Waals surface area (Å²) in [5, 5.41) is 0. The van der Waals surface area contributed by atoms with Gasteiger partial charge in [0.25, 0.3) is 0 Å². The van der Waals surface area contributed by atoms with E-state index in [0.717, 1.165) is 11.1 Å². The number of hydrogen-bond acceptors (Lipinski definition) is 3. The van der Waals surface area contributed by atoms with E-state index in [1.165, 1.54) is 4.31 Å². The summed E-state index contributed by atoms with van der Waals surface area (Å²) in [6, 6.07) is 10.1. The minimum absolute atomic E-state index is 0.260. The lowest BCUT2D eigenvalue weighted by Crippen LogP contribution is -2.18. The number of benzene rings is 1. The molecule has 1 aromatic heterocycles. The Morgan fingerprint density at radius 3 is 2.36 bits per heavy atom. The standard InChI is InChI=1S/C19H22N2O2SSi/c1-15-7-9-17(10-8-15)24(22,23)21-18(11-13-25(2,3)4)19(21)16-6-5-12-20-14-16/h5-10,12,14,18-19H,1-4H3/t18-,19+,21?/m0/s1. The molecule has 0 radical (unpaired) electrons. The zero-order valence-corrected chi connectivity index (χ0v) is 16.7. The Labute approximate surface area is 151 Å². The van der Waals surface area contributed by atoms with Crippen LogP contribution in [0.25, 0.3) is 0 Å². The fourth-order valence-corrected chi connectivity index (χ4v) is 4.91. The number of pyridine rings is 1. The van der Waals surface area contributed by atoms with Gasteiger partial charge in [-0.1, -0.05) is 49.3 Å². The van der Waals surface area contributed by atoms with E-state index in [0.29, 0.717) is 4.90 Å². The van der Waals surface area contributed by atoms with Crippen molar-refractivity contribution in [1.82, 2.24) is 9.29 Å². The van der Waals surface area contributed by atoms with Crippen LogP contribution in [0.1, 0.15) is 17.2 Å². The van der Waals surface area contributed by atoms with Gasteiger partial charge in [-0.05, 0) is 30.7 Å². The maximum atomic E-state index is 13.1. The van der Waals surface area contributed by atoms with Gasteiger partial charge >= 0.3 is 0 Å². The van der Waals surface area contributed by atoms with E-state index in [-0.39, 0.29) is 12.1 Å². The maximum Gasteiger partial charge on any atom is 0.244 e. The summed E-state index contributed by atoms with van der Waals surface area (Å²) < 4.78 is 27.6. The van der Waals surface area contributed by atoms with Crippen LogP contribution >= 0.6 is 0 Å². The minimum atomic E-state index is -3.58. The first-order chi connectivity index (χ1) is 11.7. The van der Waals surface area contributed by atoms with Crippen LogP contribution in [0, 0.1) is 18.4 Å². The third-order valence-corrected chi connectivity index (χ3v) is 6.75. The van der Waals surface area contributed by atoms with Gasteiger partial charge in [0.2, 0.25) is 10.0 Å². The highest BCUT2D eigenvalue weighted by Crippen LogP contribution is 2.47. The predicted molar refractivity (Wildman–Crippen MR) is 102 cm³/mol. The van der Waals surface area contributed by atoms with E-state index in [1.54, 1.807) is 24.5 Å². The van der Waals surface area contributed by atoms with E-state index in [9.17, 15) is 8.42 Å². The summed E-state index contributed by atoms with van der Waals surface area (Å²) in [4.78, 5) is 4.44. The zero-order valence-electron chi connectivity index (χ0n) is 14.9. The van der Waals surface area contributed by atoms with Gasteiger partial charge in [-0.2, -0.15) is 4.31 Å². The van der Waals surface area contributed by atoms with Gasteiger partial charge in [0.05, 0.1) is 10.9 Å². The van der Waals surface area contributed by atoms with Crippen LogP contribution in [0.5, 0.6) is 0 Å². The highest BCUT2D eigenvalue weighted by atomic mass is 32.2. The van der Waals surface area contributed by atoms with Gasteiger partial charge < -0.3 is 0 Å². The second kappa shape index (κ2) is 6.41. The topological polar surface area (TPSA) is 50.0 Å². The lowest BCUT2D eigenvalue weighted by atomic mass is 10.2. The van der Waals surface area contributed by atoms with E-state index < -0.39 is 18.1 Å². The van der Waals surface area contributed by atoms with Gasteiger partial charge in [-0.15, -0.1) is 5.54 Å². The normalized spacial score (nSPS) is 22.8. The molecule has 0 spiro atoms. The molecule has 1 unspecified atom stereocenters. The van der Waals surface area contributed by atoms with Crippen molar-refractivity contribution in [2.75, 3.05) is 0 Å². The van der Waals surface area contributed by atoms with Crippen LogP contribution in [0.2, 0.25) is 19.6 Å². The number of hydrogen-bond donors (Lipinski definition) is 0. The summed E-state index contributed by atoms with van der Waals surface area (Å²) in [6.07, 6.45) is 3.41. The van der Waals surface area contributed by atoms with Crippen molar-refractivity contribution in [3.63, 3.8) is 0 Å². The number of aromatic nitrogens is 1. The van der Waals surface area contributed by atoms with Crippen molar-refractivity contribution >= 4 is 18.1 Å². The first-order valence-corrected chi connectivity index (χ1v) is 13.2. The van der Waals surface area contributed by atoms with Crippen molar-refractivity contribution < 1.29 is 8.42 Å². The Balaban J connectivity index is 1.99. The molecule has 0 amide bonds. The highest BCUT2D eigenvalue weighted by Gasteiger charge is 2.56. The molecule has 25 heavy (non-hydrogen) atoms. The minimum Gasteiger partial charge on any atom is -0.264 e. The molecule has 2 heterocycles. The van der Waals surface area contributed by atoms with Crippen molar-refractivity contribution in [2.24, 2.45) is 0 Å². The van der Waals surface area contributed by atoms with Crippen LogP contribution < -0.4 is 0 Å². The highest BCUT2D eigenvalue weighted by molar-refractivity contribution is 7.89. The van der Waals surface area contributed by atoms with Crippen molar-refractivity contribution in [3.05, 3.63) is 59.9 Å². The first-order valence-electron chi connectivity index (χ1n) is 8.23. The zero-order chi connectivity index (χ0) is 18.2. The average Bonchev–Trinajstić information content (AvgIpc) is 3.29. The monoisotopic (exact) mass is 370 g/mol. The van der Waals surface area contributed by atoms with E-state index in [4.69, 9.17) is 0 Å². The average molecular weight is 371 g/mol. The summed E-state index contributed by atoms with van der Waals surface area (Å²) in [5.41, 5.74) is 5.22. The Morgan fingerprint density at radius 2 is 1.80 bits per heavy atom. The summed E-state index contributed by atoms with van der Waals surface area (Å²) in [5.74, 6) is 3.21. The molecule has 3 rings (SSSR count). The van der Waals surface area contributed by atoms with Crippen molar-refractivity contribution in [2.45, 2.75) is 43.5 Å². The molecule has 1 aliphatic rings.